The molecule has 1 atom stereocenters. The number of aromatic nitrogens is 1. The lowest BCUT2D eigenvalue weighted by Gasteiger charge is -2.13. The Balaban J connectivity index is 2.04. The minimum absolute atomic E-state index is 0.245. The molecule has 0 aromatic carbocycles. The molecule has 1 aromatic heterocycles. The summed E-state index contributed by atoms with van der Waals surface area (Å²) >= 11 is 0. The van der Waals surface area contributed by atoms with E-state index < -0.39 is 0 Å². The monoisotopic (exact) mass is 218 g/mol. The van der Waals surface area contributed by atoms with Gasteiger partial charge in [-0.2, -0.15) is 0 Å². The van der Waals surface area contributed by atoms with E-state index in [1.165, 1.54) is 5.56 Å². The van der Waals surface area contributed by atoms with Gasteiger partial charge < -0.3 is 5.73 Å². The summed E-state index contributed by atoms with van der Waals surface area (Å²) in [7, 11) is 0. The Kier molecular flexibility index (Phi) is 2.58. The third-order valence-electron chi connectivity index (χ3n) is 4.75. The standard InChI is InChI=1S/C14H22N2/c1-13(2)12(14(13,3)4)11(15)8-10-6-5-7-16-9-10/h5-7,9,11-12H,8,15H2,1-4H3. The van der Waals surface area contributed by atoms with Crippen molar-refractivity contribution >= 4 is 0 Å². The van der Waals surface area contributed by atoms with Crippen LogP contribution in [0.15, 0.2) is 24.5 Å². The average molecular weight is 218 g/mol. The second-order valence-corrected chi connectivity index (χ2v) is 6.15. The van der Waals surface area contributed by atoms with Crippen LogP contribution in [0.2, 0.25) is 0 Å². The van der Waals surface area contributed by atoms with E-state index in [0.29, 0.717) is 16.7 Å². The molecular weight excluding hydrogens is 196 g/mol. The van der Waals surface area contributed by atoms with Crippen LogP contribution >= 0.6 is 0 Å². The molecule has 0 aliphatic heterocycles. The third-order valence-corrected chi connectivity index (χ3v) is 4.75. The van der Waals surface area contributed by atoms with Gasteiger partial charge >= 0.3 is 0 Å². The van der Waals surface area contributed by atoms with Crippen molar-refractivity contribution in [2.24, 2.45) is 22.5 Å². The molecule has 88 valence electrons. The van der Waals surface area contributed by atoms with Gasteiger partial charge in [0.15, 0.2) is 0 Å². The SMILES string of the molecule is CC1(C)C(C(N)Cc2cccnc2)C1(C)C. The highest BCUT2D eigenvalue weighted by molar-refractivity contribution is 5.19. The Bertz CT molecular complexity index is 354. The maximum absolute atomic E-state index is 6.33. The molecular formula is C14H22N2. The Labute approximate surface area is 98.3 Å². The van der Waals surface area contributed by atoms with Crippen molar-refractivity contribution in [2.75, 3.05) is 0 Å². The molecule has 0 radical (unpaired) electrons. The lowest BCUT2D eigenvalue weighted by molar-refractivity contribution is 0.457. The summed E-state index contributed by atoms with van der Waals surface area (Å²) in [5.41, 5.74) is 8.32. The molecule has 1 fully saturated rings. The Morgan fingerprint density at radius 1 is 1.31 bits per heavy atom. The minimum atomic E-state index is 0.245. The number of rotatable bonds is 3. The molecule has 1 unspecified atom stereocenters. The van der Waals surface area contributed by atoms with Gasteiger partial charge in [-0.05, 0) is 34.8 Å². The van der Waals surface area contributed by atoms with Gasteiger partial charge in [0, 0.05) is 18.4 Å². The molecule has 1 aliphatic rings. The molecule has 0 amide bonds. The first-order valence-electron chi connectivity index (χ1n) is 6.02. The van der Waals surface area contributed by atoms with Gasteiger partial charge in [0.2, 0.25) is 0 Å². The fourth-order valence-corrected chi connectivity index (χ4v) is 3.23. The zero-order valence-electron chi connectivity index (χ0n) is 10.7. The van der Waals surface area contributed by atoms with Crippen molar-refractivity contribution in [1.29, 1.82) is 0 Å². The van der Waals surface area contributed by atoms with Gasteiger partial charge in [0.1, 0.15) is 0 Å². The molecule has 0 bridgehead atoms. The highest BCUT2D eigenvalue weighted by atomic mass is 14.8. The fraction of sp³-hybridized carbons (Fsp3) is 0.643. The average Bonchev–Trinajstić information content (AvgIpc) is 2.58. The van der Waals surface area contributed by atoms with Crippen LogP contribution < -0.4 is 5.73 Å². The smallest absolute Gasteiger partial charge is 0.0300 e. The summed E-state index contributed by atoms with van der Waals surface area (Å²) < 4.78 is 0. The summed E-state index contributed by atoms with van der Waals surface area (Å²) in [5, 5.41) is 0. The van der Waals surface area contributed by atoms with Crippen LogP contribution in [-0.2, 0) is 6.42 Å². The van der Waals surface area contributed by atoms with E-state index in [-0.39, 0.29) is 6.04 Å². The van der Waals surface area contributed by atoms with Gasteiger partial charge in [-0.25, -0.2) is 0 Å². The normalized spacial score (nSPS) is 24.1. The zero-order valence-corrected chi connectivity index (χ0v) is 10.7. The predicted octanol–water partition coefficient (Wildman–Crippen LogP) is 2.63. The lowest BCUT2D eigenvalue weighted by Crippen LogP contribution is -2.28. The largest absolute Gasteiger partial charge is 0.327 e. The van der Waals surface area contributed by atoms with Crippen LogP contribution in [0.3, 0.4) is 0 Å². The summed E-state index contributed by atoms with van der Waals surface area (Å²) in [5.74, 6) is 0.611. The molecule has 0 spiro atoms. The van der Waals surface area contributed by atoms with Crippen LogP contribution in [0.1, 0.15) is 33.3 Å². The van der Waals surface area contributed by atoms with Gasteiger partial charge in [0.05, 0.1) is 0 Å². The van der Waals surface area contributed by atoms with Crippen LogP contribution in [0.25, 0.3) is 0 Å². The van der Waals surface area contributed by atoms with Crippen LogP contribution in [0, 0.1) is 16.7 Å². The second-order valence-electron chi connectivity index (χ2n) is 6.15. The maximum atomic E-state index is 6.33. The first-order chi connectivity index (χ1) is 7.37. The molecule has 1 saturated carbocycles. The van der Waals surface area contributed by atoms with Crippen molar-refractivity contribution in [3.05, 3.63) is 30.1 Å². The van der Waals surface area contributed by atoms with Crippen molar-refractivity contribution in [1.82, 2.24) is 4.98 Å². The molecule has 2 N–H and O–H groups in total. The Morgan fingerprint density at radius 2 is 1.94 bits per heavy atom. The first kappa shape index (κ1) is 11.6. The number of pyridine rings is 1. The topological polar surface area (TPSA) is 38.9 Å². The number of nitrogens with zero attached hydrogens (tertiary/aromatic N) is 1. The zero-order chi connectivity index (χ0) is 12.0. The van der Waals surface area contributed by atoms with Gasteiger partial charge in [0.25, 0.3) is 0 Å². The number of nitrogens with two attached hydrogens (primary N) is 1. The van der Waals surface area contributed by atoms with Gasteiger partial charge in [-0.1, -0.05) is 33.8 Å². The van der Waals surface area contributed by atoms with Crippen molar-refractivity contribution in [3.63, 3.8) is 0 Å². The van der Waals surface area contributed by atoms with Crippen LogP contribution in [0.4, 0.5) is 0 Å². The molecule has 2 nitrogen and oxygen atoms in total. The molecule has 1 aliphatic carbocycles. The van der Waals surface area contributed by atoms with E-state index in [1.54, 1.807) is 6.20 Å². The van der Waals surface area contributed by atoms with E-state index in [9.17, 15) is 0 Å². The second kappa shape index (κ2) is 3.56. The molecule has 1 heterocycles. The lowest BCUT2D eigenvalue weighted by atomic mass is 9.99. The fourth-order valence-electron chi connectivity index (χ4n) is 3.23. The highest BCUT2D eigenvalue weighted by Gasteiger charge is 2.66. The Morgan fingerprint density at radius 3 is 2.38 bits per heavy atom. The van der Waals surface area contributed by atoms with E-state index in [1.807, 2.05) is 12.3 Å². The van der Waals surface area contributed by atoms with Crippen molar-refractivity contribution < 1.29 is 0 Å². The molecule has 0 saturated heterocycles. The van der Waals surface area contributed by atoms with E-state index in [4.69, 9.17) is 5.73 Å². The summed E-state index contributed by atoms with van der Waals surface area (Å²) in [6, 6.07) is 4.33. The maximum Gasteiger partial charge on any atom is 0.0300 e. The van der Waals surface area contributed by atoms with Crippen molar-refractivity contribution in [3.8, 4) is 0 Å². The molecule has 2 rings (SSSR count). The quantitative estimate of drug-likeness (QED) is 0.847. The minimum Gasteiger partial charge on any atom is -0.327 e. The highest BCUT2D eigenvalue weighted by Crippen LogP contribution is 2.69. The number of hydrogen-bond acceptors (Lipinski definition) is 2. The Hall–Kier alpha value is -0.890. The molecule has 2 heteroatoms. The summed E-state index contributed by atoms with van der Waals surface area (Å²) in [4.78, 5) is 4.13. The molecule has 16 heavy (non-hydrogen) atoms. The first-order valence-corrected chi connectivity index (χ1v) is 6.02. The van der Waals surface area contributed by atoms with Crippen molar-refractivity contribution in [2.45, 2.75) is 40.2 Å². The van der Waals surface area contributed by atoms with E-state index in [0.717, 1.165) is 6.42 Å². The molecule has 1 aromatic rings. The third kappa shape index (κ3) is 1.65. The summed E-state index contributed by atoms with van der Waals surface area (Å²) in [6.07, 6.45) is 4.66. The van der Waals surface area contributed by atoms with Gasteiger partial charge in [-0.15, -0.1) is 0 Å². The van der Waals surface area contributed by atoms with Crippen LogP contribution in [-0.4, -0.2) is 11.0 Å². The van der Waals surface area contributed by atoms with E-state index >= 15 is 0 Å². The number of hydrogen-bond donors (Lipinski definition) is 1. The van der Waals surface area contributed by atoms with Crippen LogP contribution in [0.5, 0.6) is 0 Å². The van der Waals surface area contributed by atoms with Gasteiger partial charge in [-0.3, -0.25) is 4.98 Å². The van der Waals surface area contributed by atoms with E-state index in [2.05, 4.69) is 38.7 Å². The summed E-state index contributed by atoms with van der Waals surface area (Å²) in [6.45, 7) is 9.28. The predicted molar refractivity (Wildman–Crippen MR) is 67.0 cm³/mol.